The van der Waals surface area contributed by atoms with Gasteiger partial charge in [-0.15, -0.1) is 5.10 Å². The van der Waals surface area contributed by atoms with Gasteiger partial charge in [-0.3, -0.25) is 4.79 Å². The van der Waals surface area contributed by atoms with E-state index < -0.39 is 5.91 Å². The SMILES string of the molecule is Cc1c(C(=O)N/N=C\c2cccc(O)c2)nnn1-c1nonc1N. The Hall–Kier alpha value is -3.76. The van der Waals surface area contributed by atoms with Crippen LogP contribution < -0.4 is 11.2 Å². The van der Waals surface area contributed by atoms with Crippen LogP contribution in [0.25, 0.3) is 5.82 Å². The predicted octanol–water partition coefficient (Wildman–Crippen LogP) is 0.0104. The standard InChI is InChI=1S/C13H12N8O3/c1-7-10(16-20-21(7)12-11(14)18-24-19-12)13(23)17-15-6-8-3-2-4-9(22)5-8/h2-6,22H,1H3,(H2,14,18)(H,17,23)/b15-6-. The lowest BCUT2D eigenvalue weighted by molar-refractivity contribution is 0.0949. The minimum atomic E-state index is -0.565. The molecule has 1 aromatic carbocycles. The van der Waals surface area contributed by atoms with E-state index in [9.17, 15) is 9.90 Å². The van der Waals surface area contributed by atoms with Crippen LogP contribution in [0.2, 0.25) is 0 Å². The third-order valence-corrected chi connectivity index (χ3v) is 3.06. The van der Waals surface area contributed by atoms with Crippen molar-refractivity contribution < 1.29 is 14.5 Å². The van der Waals surface area contributed by atoms with E-state index in [1.54, 1.807) is 19.1 Å². The summed E-state index contributed by atoms with van der Waals surface area (Å²) >= 11 is 0. The lowest BCUT2D eigenvalue weighted by atomic mass is 10.2. The fraction of sp³-hybridized carbons (Fsp3) is 0.0769. The summed E-state index contributed by atoms with van der Waals surface area (Å²) in [4.78, 5) is 12.1. The molecule has 0 fully saturated rings. The number of hydrazone groups is 1. The monoisotopic (exact) mass is 328 g/mol. The zero-order valence-electron chi connectivity index (χ0n) is 12.4. The summed E-state index contributed by atoms with van der Waals surface area (Å²) < 4.78 is 5.73. The number of phenolic OH excluding ortho intramolecular Hbond substituents is 1. The Morgan fingerprint density at radius 3 is 3.00 bits per heavy atom. The number of nitrogens with zero attached hydrogens (tertiary/aromatic N) is 6. The van der Waals surface area contributed by atoms with Gasteiger partial charge in [-0.2, -0.15) is 9.78 Å². The van der Waals surface area contributed by atoms with Gasteiger partial charge >= 0.3 is 0 Å². The smallest absolute Gasteiger partial charge is 0.293 e. The average Bonchev–Trinajstić information content (AvgIpc) is 3.13. The molecule has 3 rings (SSSR count). The molecule has 0 spiro atoms. The molecule has 2 heterocycles. The molecule has 3 aromatic rings. The molecule has 1 amide bonds. The number of nitrogens with two attached hydrogens (primary N) is 1. The van der Waals surface area contributed by atoms with Crippen molar-refractivity contribution >= 4 is 17.9 Å². The topological polar surface area (TPSA) is 157 Å². The summed E-state index contributed by atoms with van der Waals surface area (Å²) in [5, 5.41) is 27.8. The maximum Gasteiger partial charge on any atom is 0.293 e. The van der Waals surface area contributed by atoms with Gasteiger partial charge in [0.1, 0.15) is 5.75 Å². The minimum Gasteiger partial charge on any atom is -0.508 e. The highest BCUT2D eigenvalue weighted by Crippen LogP contribution is 2.14. The van der Waals surface area contributed by atoms with E-state index in [4.69, 9.17) is 5.73 Å². The van der Waals surface area contributed by atoms with Crippen molar-refractivity contribution in [1.82, 2.24) is 30.7 Å². The number of nitrogen functional groups attached to an aromatic ring is 1. The Balaban J connectivity index is 1.74. The van der Waals surface area contributed by atoms with Crippen LogP contribution in [0.3, 0.4) is 0 Å². The molecular formula is C13H12N8O3. The van der Waals surface area contributed by atoms with Crippen LogP contribution in [0.4, 0.5) is 5.82 Å². The van der Waals surface area contributed by atoms with Crippen molar-refractivity contribution in [3.05, 3.63) is 41.2 Å². The van der Waals surface area contributed by atoms with Crippen molar-refractivity contribution in [2.45, 2.75) is 6.92 Å². The van der Waals surface area contributed by atoms with Crippen LogP contribution in [-0.2, 0) is 0 Å². The first-order chi connectivity index (χ1) is 11.6. The quantitative estimate of drug-likeness (QED) is 0.446. The Morgan fingerprint density at radius 2 is 2.29 bits per heavy atom. The molecule has 0 saturated heterocycles. The summed E-state index contributed by atoms with van der Waals surface area (Å²) in [6, 6.07) is 6.40. The molecule has 11 nitrogen and oxygen atoms in total. The van der Waals surface area contributed by atoms with Crippen LogP contribution in [-0.4, -0.2) is 42.5 Å². The van der Waals surface area contributed by atoms with Gasteiger partial charge in [-0.1, -0.05) is 17.3 Å². The van der Waals surface area contributed by atoms with Gasteiger partial charge in [-0.25, -0.2) is 10.1 Å². The number of anilines is 1. The normalized spacial score (nSPS) is 11.0. The lowest BCUT2D eigenvalue weighted by Crippen LogP contribution is -2.19. The predicted molar refractivity (Wildman–Crippen MR) is 81.5 cm³/mol. The summed E-state index contributed by atoms with van der Waals surface area (Å²) in [7, 11) is 0. The molecule has 0 aliphatic carbocycles. The van der Waals surface area contributed by atoms with Crippen LogP contribution in [0, 0.1) is 6.92 Å². The number of aromatic hydroxyl groups is 1. The van der Waals surface area contributed by atoms with Crippen molar-refractivity contribution in [1.29, 1.82) is 0 Å². The van der Waals surface area contributed by atoms with Crippen LogP contribution >= 0.6 is 0 Å². The van der Waals surface area contributed by atoms with E-state index in [1.807, 2.05) is 0 Å². The molecule has 0 saturated carbocycles. The second-order valence-electron chi connectivity index (χ2n) is 4.70. The fourth-order valence-corrected chi connectivity index (χ4v) is 1.90. The number of benzene rings is 1. The largest absolute Gasteiger partial charge is 0.508 e. The summed E-state index contributed by atoms with van der Waals surface area (Å²) in [6.07, 6.45) is 1.39. The zero-order chi connectivity index (χ0) is 17.1. The number of aromatic nitrogens is 5. The van der Waals surface area contributed by atoms with E-state index in [1.165, 1.54) is 23.0 Å². The fourth-order valence-electron chi connectivity index (χ4n) is 1.90. The zero-order valence-corrected chi connectivity index (χ0v) is 12.4. The highest BCUT2D eigenvalue weighted by atomic mass is 16.6. The number of hydrogen-bond acceptors (Lipinski definition) is 9. The maximum atomic E-state index is 12.1. The maximum absolute atomic E-state index is 12.1. The third kappa shape index (κ3) is 2.90. The molecule has 11 heteroatoms. The molecule has 122 valence electrons. The first kappa shape index (κ1) is 15.1. The summed E-state index contributed by atoms with van der Waals surface area (Å²) in [6.45, 7) is 1.61. The Bertz CT molecular complexity index is 914. The van der Waals surface area contributed by atoms with Gasteiger partial charge < -0.3 is 10.8 Å². The van der Waals surface area contributed by atoms with Crippen LogP contribution in [0.15, 0.2) is 34.0 Å². The average molecular weight is 328 g/mol. The molecule has 0 aliphatic rings. The Kier molecular flexibility index (Phi) is 3.89. The number of carbonyl (C=O) groups is 1. The molecule has 0 bridgehead atoms. The molecule has 0 unspecified atom stereocenters. The Labute approximate surface area is 134 Å². The molecular weight excluding hydrogens is 316 g/mol. The van der Waals surface area contributed by atoms with E-state index in [0.717, 1.165) is 0 Å². The second kappa shape index (κ2) is 6.16. The number of rotatable bonds is 4. The number of nitrogens with one attached hydrogen (secondary N) is 1. The van der Waals surface area contributed by atoms with Gasteiger partial charge in [-0.05, 0) is 34.9 Å². The summed E-state index contributed by atoms with van der Waals surface area (Å²) in [5.74, 6) is -0.299. The van der Waals surface area contributed by atoms with Crippen LogP contribution in [0.5, 0.6) is 5.75 Å². The van der Waals surface area contributed by atoms with Crippen molar-refractivity contribution in [3.8, 4) is 11.6 Å². The highest BCUT2D eigenvalue weighted by Gasteiger charge is 2.20. The van der Waals surface area contributed by atoms with Gasteiger partial charge in [0.05, 0.1) is 11.9 Å². The van der Waals surface area contributed by atoms with Gasteiger partial charge in [0.25, 0.3) is 5.91 Å². The van der Waals surface area contributed by atoms with E-state index in [2.05, 4.69) is 35.8 Å². The molecule has 4 N–H and O–H groups in total. The van der Waals surface area contributed by atoms with Gasteiger partial charge in [0.15, 0.2) is 5.69 Å². The molecule has 2 aromatic heterocycles. The number of phenols is 1. The van der Waals surface area contributed by atoms with Crippen molar-refractivity contribution in [2.75, 3.05) is 5.73 Å². The van der Waals surface area contributed by atoms with Crippen molar-refractivity contribution in [2.24, 2.45) is 5.10 Å². The van der Waals surface area contributed by atoms with Crippen LogP contribution in [0.1, 0.15) is 21.7 Å². The summed E-state index contributed by atoms with van der Waals surface area (Å²) in [5.41, 5.74) is 8.97. The van der Waals surface area contributed by atoms with Gasteiger partial charge in [0.2, 0.25) is 11.6 Å². The van der Waals surface area contributed by atoms with Gasteiger partial charge in [0, 0.05) is 0 Å². The molecule has 24 heavy (non-hydrogen) atoms. The second-order valence-corrected chi connectivity index (χ2v) is 4.70. The third-order valence-electron chi connectivity index (χ3n) is 3.06. The van der Waals surface area contributed by atoms with E-state index in [-0.39, 0.29) is 23.1 Å². The first-order valence-corrected chi connectivity index (χ1v) is 6.69. The minimum absolute atomic E-state index is 0.0249. The Morgan fingerprint density at radius 1 is 1.46 bits per heavy atom. The highest BCUT2D eigenvalue weighted by molar-refractivity contribution is 5.94. The van der Waals surface area contributed by atoms with Crippen molar-refractivity contribution in [3.63, 3.8) is 0 Å². The lowest BCUT2D eigenvalue weighted by Gasteiger charge is -1.99. The van der Waals surface area contributed by atoms with E-state index >= 15 is 0 Å². The number of carbonyl (C=O) groups excluding carboxylic acids is 1. The molecule has 0 radical (unpaired) electrons. The van der Waals surface area contributed by atoms with E-state index in [0.29, 0.717) is 11.3 Å². The first-order valence-electron chi connectivity index (χ1n) is 6.69. The molecule has 0 aliphatic heterocycles. The number of hydrogen-bond donors (Lipinski definition) is 3. The molecule has 0 atom stereocenters. The number of amides is 1.